The van der Waals surface area contributed by atoms with Gasteiger partial charge >= 0.3 is 0 Å². The molecule has 1 aliphatic carbocycles. The molecular weight excluding hydrogens is 294 g/mol. The van der Waals surface area contributed by atoms with Gasteiger partial charge in [-0.2, -0.15) is 16.4 Å². The quantitative estimate of drug-likeness (QED) is 0.819. The van der Waals surface area contributed by atoms with E-state index >= 15 is 0 Å². The van der Waals surface area contributed by atoms with Crippen LogP contribution < -0.4 is 0 Å². The van der Waals surface area contributed by atoms with Crippen LogP contribution in [0.15, 0.2) is 29.1 Å². The summed E-state index contributed by atoms with van der Waals surface area (Å²) in [6, 6.07) is 4.55. The molecular formula is C17H23N3OS. The van der Waals surface area contributed by atoms with Crippen molar-refractivity contribution in [2.45, 2.75) is 51.1 Å². The topological polar surface area (TPSA) is 38.1 Å². The Labute approximate surface area is 135 Å². The minimum absolute atomic E-state index is 0.277. The summed E-state index contributed by atoms with van der Waals surface area (Å²) in [5, 5.41) is 8.41. The second-order valence-corrected chi connectivity index (χ2v) is 6.82. The molecule has 0 aliphatic heterocycles. The SMILES string of the molecule is Cn1nccc1CCC(=O)N(Cc1ccsc1)C1CCCC1. The lowest BCUT2D eigenvalue weighted by atomic mass is 10.1. The monoisotopic (exact) mass is 317 g/mol. The molecule has 3 rings (SSSR count). The molecule has 2 aromatic rings. The third-order valence-corrected chi connectivity index (χ3v) is 5.27. The lowest BCUT2D eigenvalue weighted by Gasteiger charge is -2.29. The number of thiophene rings is 1. The van der Waals surface area contributed by atoms with Crippen molar-refractivity contribution in [1.29, 1.82) is 0 Å². The fourth-order valence-corrected chi connectivity index (χ4v) is 3.90. The van der Waals surface area contributed by atoms with Crippen LogP contribution in [0.25, 0.3) is 0 Å². The molecule has 2 aromatic heterocycles. The van der Waals surface area contributed by atoms with E-state index in [0.29, 0.717) is 12.5 Å². The predicted molar refractivity (Wildman–Crippen MR) is 88.7 cm³/mol. The Morgan fingerprint density at radius 2 is 2.23 bits per heavy atom. The maximum atomic E-state index is 12.8. The van der Waals surface area contributed by atoms with Crippen molar-refractivity contribution in [1.82, 2.24) is 14.7 Å². The molecule has 0 atom stereocenters. The smallest absolute Gasteiger partial charge is 0.223 e. The van der Waals surface area contributed by atoms with Gasteiger partial charge in [0.05, 0.1) is 0 Å². The molecule has 0 spiro atoms. The summed E-state index contributed by atoms with van der Waals surface area (Å²) in [6.07, 6.45) is 7.94. The first-order valence-electron chi connectivity index (χ1n) is 8.01. The maximum Gasteiger partial charge on any atom is 0.223 e. The van der Waals surface area contributed by atoms with Crippen LogP contribution in [0.5, 0.6) is 0 Å². The van der Waals surface area contributed by atoms with Crippen molar-refractivity contribution in [2.24, 2.45) is 7.05 Å². The number of carbonyl (C=O) groups excluding carboxylic acids is 1. The Morgan fingerprint density at radius 3 is 2.86 bits per heavy atom. The predicted octanol–water partition coefficient (Wildman–Crippen LogP) is 3.39. The number of aromatic nitrogens is 2. The molecule has 118 valence electrons. The summed E-state index contributed by atoms with van der Waals surface area (Å²) in [5.74, 6) is 0.277. The van der Waals surface area contributed by atoms with E-state index in [1.807, 2.05) is 17.8 Å². The van der Waals surface area contributed by atoms with Crippen LogP contribution >= 0.6 is 11.3 Å². The van der Waals surface area contributed by atoms with Gasteiger partial charge in [-0.1, -0.05) is 12.8 Å². The number of hydrogen-bond acceptors (Lipinski definition) is 3. The first kappa shape index (κ1) is 15.3. The summed E-state index contributed by atoms with van der Waals surface area (Å²) >= 11 is 1.70. The zero-order valence-electron chi connectivity index (χ0n) is 13.1. The molecule has 0 saturated heterocycles. The largest absolute Gasteiger partial charge is 0.335 e. The third kappa shape index (κ3) is 3.58. The number of aryl methyl sites for hydroxylation is 2. The van der Waals surface area contributed by atoms with Crippen molar-refractivity contribution in [3.63, 3.8) is 0 Å². The molecule has 4 nitrogen and oxygen atoms in total. The van der Waals surface area contributed by atoms with Gasteiger partial charge in [-0.15, -0.1) is 0 Å². The first-order chi connectivity index (χ1) is 10.7. The molecule has 2 heterocycles. The van der Waals surface area contributed by atoms with Crippen LogP contribution in [0.1, 0.15) is 43.4 Å². The van der Waals surface area contributed by atoms with Crippen molar-refractivity contribution in [3.05, 3.63) is 40.3 Å². The highest BCUT2D eigenvalue weighted by Gasteiger charge is 2.26. The van der Waals surface area contributed by atoms with Gasteiger partial charge in [-0.25, -0.2) is 0 Å². The lowest BCUT2D eigenvalue weighted by molar-refractivity contribution is -0.134. The van der Waals surface area contributed by atoms with E-state index in [2.05, 4.69) is 26.8 Å². The Bertz CT molecular complexity index is 599. The van der Waals surface area contributed by atoms with Gasteiger partial charge in [0.2, 0.25) is 5.91 Å². The molecule has 0 radical (unpaired) electrons. The molecule has 0 unspecified atom stereocenters. The minimum atomic E-state index is 0.277. The van der Waals surface area contributed by atoms with E-state index in [9.17, 15) is 4.79 Å². The number of hydrogen-bond donors (Lipinski definition) is 0. The molecule has 0 N–H and O–H groups in total. The molecule has 22 heavy (non-hydrogen) atoms. The normalized spacial score (nSPS) is 15.3. The summed E-state index contributed by atoms with van der Waals surface area (Å²) < 4.78 is 1.85. The van der Waals surface area contributed by atoms with E-state index in [4.69, 9.17) is 0 Å². The van der Waals surface area contributed by atoms with Gasteiger partial charge in [-0.05, 0) is 47.7 Å². The fraction of sp³-hybridized carbons (Fsp3) is 0.529. The minimum Gasteiger partial charge on any atom is -0.335 e. The second-order valence-electron chi connectivity index (χ2n) is 6.04. The second kappa shape index (κ2) is 7.09. The Kier molecular flexibility index (Phi) is 4.93. The van der Waals surface area contributed by atoms with Gasteiger partial charge in [0.15, 0.2) is 0 Å². The molecule has 0 bridgehead atoms. The standard InChI is InChI=1S/C17H23N3OS/c1-19-15(8-10-18-19)6-7-17(21)20(16-4-2-3-5-16)12-14-9-11-22-13-14/h8-11,13,16H,2-7,12H2,1H3. The third-order valence-electron chi connectivity index (χ3n) is 4.54. The number of amides is 1. The molecule has 0 aromatic carbocycles. The fourth-order valence-electron chi connectivity index (χ4n) is 3.24. The summed E-state index contributed by atoms with van der Waals surface area (Å²) in [4.78, 5) is 14.9. The first-order valence-corrected chi connectivity index (χ1v) is 8.96. The van der Waals surface area contributed by atoms with Crippen LogP contribution in [0.4, 0.5) is 0 Å². The van der Waals surface area contributed by atoms with Crippen LogP contribution in [0, 0.1) is 0 Å². The zero-order valence-corrected chi connectivity index (χ0v) is 13.9. The van der Waals surface area contributed by atoms with Gasteiger partial charge in [-0.3, -0.25) is 9.48 Å². The van der Waals surface area contributed by atoms with Crippen molar-refractivity contribution in [3.8, 4) is 0 Å². The maximum absolute atomic E-state index is 12.8. The highest BCUT2D eigenvalue weighted by Crippen LogP contribution is 2.26. The van der Waals surface area contributed by atoms with Crippen LogP contribution in [0.2, 0.25) is 0 Å². The highest BCUT2D eigenvalue weighted by atomic mass is 32.1. The lowest BCUT2D eigenvalue weighted by Crippen LogP contribution is -2.38. The van der Waals surface area contributed by atoms with Crippen LogP contribution in [0.3, 0.4) is 0 Å². The zero-order chi connectivity index (χ0) is 15.4. The van der Waals surface area contributed by atoms with Crippen molar-refractivity contribution in [2.75, 3.05) is 0 Å². The van der Waals surface area contributed by atoms with E-state index in [-0.39, 0.29) is 5.91 Å². The van der Waals surface area contributed by atoms with Gasteiger partial charge in [0.1, 0.15) is 0 Å². The van der Waals surface area contributed by atoms with E-state index < -0.39 is 0 Å². The van der Waals surface area contributed by atoms with E-state index in [1.54, 1.807) is 17.5 Å². The van der Waals surface area contributed by atoms with Gasteiger partial charge in [0, 0.05) is 37.9 Å². The molecule has 5 heteroatoms. The Balaban J connectivity index is 1.65. The van der Waals surface area contributed by atoms with Gasteiger partial charge < -0.3 is 4.90 Å². The van der Waals surface area contributed by atoms with Crippen molar-refractivity contribution < 1.29 is 4.79 Å². The Hall–Kier alpha value is -1.62. The summed E-state index contributed by atoms with van der Waals surface area (Å²) in [5.41, 5.74) is 2.38. The Morgan fingerprint density at radius 1 is 1.41 bits per heavy atom. The molecule has 1 aliphatic rings. The number of nitrogens with zero attached hydrogens (tertiary/aromatic N) is 3. The van der Waals surface area contributed by atoms with Crippen LogP contribution in [-0.2, 0) is 24.8 Å². The van der Waals surface area contributed by atoms with E-state index in [0.717, 1.165) is 31.5 Å². The summed E-state index contributed by atoms with van der Waals surface area (Å²) in [6.45, 7) is 0.762. The van der Waals surface area contributed by atoms with Crippen LogP contribution in [-0.4, -0.2) is 26.6 Å². The molecule has 1 fully saturated rings. The van der Waals surface area contributed by atoms with Crippen molar-refractivity contribution >= 4 is 17.2 Å². The average molecular weight is 317 g/mol. The van der Waals surface area contributed by atoms with E-state index in [1.165, 1.54) is 18.4 Å². The number of carbonyl (C=O) groups is 1. The summed E-state index contributed by atoms with van der Waals surface area (Å²) in [7, 11) is 1.93. The number of rotatable bonds is 6. The molecule has 1 amide bonds. The molecule has 1 saturated carbocycles. The highest BCUT2D eigenvalue weighted by molar-refractivity contribution is 7.07. The average Bonchev–Trinajstić information content (AvgIpc) is 3.25. The van der Waals surface area contributed by atoms with Gasteiger partial charge in [0.25, 0.3) is 0 Å².